The van der Waals surface area contributed by atoms with Gasteiger partial charge in [0.2, 0.25) is 0 Å². The SMILES string of the molecule is CCCN1CCC[C@@H]1c1ccc(C(=O)N2CCOCC2)s1. The Labute approximate surface area is 130 Å². The Hall–Kier alpha value is -0.910. The van der Waals surface area contributed by atoms with Crippen LogP contribution in [-0.2, 0) is 4.74 Å². The molecule has 0 unspecified atom stereocenters. The Morgan fingerprint density at radius 2 is 2.14 bits per heavy atom. The number of carbonyl (C=O) groups is 1. The van der Waals surface area contributed by atoms with Crippen molar-refractivity contribution in [1.29, 1.82) is 0 Å². The van der Waals surface area contributed by atoms with Crippen LogP contribution in [0.3, 0.4) is 0 Å². The van der Waals surface area contributed by atoms with Crippen molar-refractivity contribution < 1.29 is 9.53 Å². The summed E-state index contributed by atoms with van der Waals surface area (Å²) < 4.78 is 5.32. The van der Waals surface area contributed by atoms with Crippen molar-refractivity contribution in [2.75, 3.05) is 39.4 Å². The van der Waals surface area contributed by atoms with Crippen LogP contribution in [0.4, 0.5) is 0 Å². The third-order valence-electron chi connectivity index (χ3n) is 4.34. The molecule has 0 aliphatic carbocycles. The minimum atomic E-state index is 0.176. The molecule has 2 saturated heterocycles. The fourth-order valence-electron chi connectivity index (χ4n) is 3.27. The van der Waals surface area contributed by atoms with Gasteiger partial charge in [0.15, 0.2) is 0 Å². The lowest BCUT2D eigenvalue weighted by atomic mass is 10.2. The Bertz CT molecular complexity index is 482. The highest BCUT2D eigenvalue weighted by Gasteiger charge is 2.28. The van der Waals surface area contributed by atoms with Crippen LogP contribution in [0.25, 0.3) is 0 Å². The summed E-state index contributed by atoms with van der Waals surface area (Å²) in [6.45, 7) is 7.36. The molecular weight excluding hydrogens is 284 g/mol. The molecule has 0 spiro atoms. The number of hydrogen-bond acceptors (Lipinski definition) is 4. The predicted octanol–water partition coefficient (Wildman–Crippen LogP) is 2.77. The van der Waals surface area contributed by atoms with Crippen molar-refractivity contribution in [3.63, 3.8) is 0 Å². The van der Waals surface area contributed by atoms with E-state index in [9.17, 15) is 4.79 Å². The van der Waals surface area contributed by atoms with Crippen molar-refractivity contribution in [3.05, 3.63) is 21.9 Å². The second-order valence-corrected chi connectivity index (χ2v) is 6.92. The van der Waals surface area contributed by atoms with Crippen LogP contribution in [0, 0.1) is 0 Å². The second-order valence-electron chi connectivity index (χ2n) is 5.80. The predicted molar refractivity (Wildman–Crippen MR) is 84.9 cm³/mol. The fraction of sp³-hybridized carbons (Fsp3) is 0.688. The third kappa shape index (κ3) is 3.30. The molecule has 0 bridgehead atoms. The van der Waals surface area contributed by atoms with Crippen LogP contribution in [0.2, 0.25) is 0 Å². The number of likely N-dealkylation sites (tertiary alicyclic amines) is 1. The molecule has 0 radical (unpaired) electrons. The maximum absolute atomic E-state index is 12.5. The van der Waals surface area contributed by atoms with Crippen LogP contribution in [0.5, 0.6) is 0 Å². The molecule has 21 heavy (non-hydrogen) atoms. The molecule has 3 rings (SSSR count). The molecule has 2 fully saturated rings. The molecule has 1 atom stereocenters. The zero-order valence-electron chi connectivity index (χ0n) is 12.7. The highest BCUT2D eigenvalue weighted by molar-refractivity contribution is 7.14. The van der Waals surface area contributed by atoms with E-state index in [4.69, 9.17) is 4.74 Å². The maximum Gasteiger partial charge on any atom is 0.264 e. The van der Waals surface area contributed by atoms with Crippen LogP contribution >= 0.6 is 11.3 Å². The van der Waals surface area contributed by atoms with E-state index in [0.717, 1.165) is 24.5 Å². The number of ether oxygens (including phenoxy) is 1. The summed E-state index contributed by atoms with van der Waals surface area (Å²) in [4.78, 5) is 19.2. The van der Waals surface area contributed by atoms with E-state index in [1.54, 1.807) is 11.3 Å². The molecule has 5 heteroatoms. The van der Waals surface area contributed by atoms with E-state index >= 15 is 0 Å². The Balaban J connectivity index is 1.69. The van der Waals surface area contributed by atoms with Crippen molar-refractivity contribution in [1.82, 2.24) is 9.80 Å². The topological polar surface area (TPSA) is 32.8 Å². The van der Waals surface area contributed by atoms with Gasteiger partial charge in [-0.05, 0) is 44.5 Å². The molecular formula is C16H24N2O2S. The van der Waals surface area contributed by atoms with E-state index in [0.29, 0.717) is 19.3 Å². The first-order valence-electron chi connectivity index (χ1n) is 8.00. The standard InChI is InChI=1S/C16H24N2O2S/c1-2-7-17-8-3-4-13(17)14-5-6-15(21-14)16(19)18-9-11-20-12-10-18/h5-6,13H,2-4,7-12H2,1H3/t13-/m1/s1. The van der Waals surface area contributed by atoms with E-state index in [1.807, 2.05) is 11.0 Å². The lowest BCUT2D eigenvalue weighted by molar-refractivity contribution is 0.0306. The molecule has 0 aromatic carbocycles. The summed E-state index contributed by atoms with van der Waals surface area (Å²) in [7, 11) is 0. The largest absolute Gasteiger partial charge is 0.378 e. The third-order valence-corrected chi connectivity index (χ3v) is 5.51. The summed E-state index contributed by atoms with van der Waals surface area (Å²) >= 11 is 1.69. The zero-order chi connectivity index (χ0) is 14.7. The highest BCUT2D eigenvalue weighted by atomic mass is 32.1. The number of morpholine rings is 1. The molecule has 0 saturated carbocycles. The van der Waals surface area contributed by atoms with Gasteiger partial charge in [0.25, 0.3) is 5.91 Å². The van der Waals surface area contributed by atoms with Gasteiger partial charge in [-0.2, -0.15) is 0 Å². The maximum atomic E-state index is 12.5. The van der Waals surface area contributed by atoms with E-state index in [2.05, 4.69) is 17.9 Å². The number of rotatable bonds is 4. The summed E-state index contributed by atoms with van der Waals surface area (Å²) in [6, 6.07) is 4.71. The van der Waals surface area contributed by atoms with Crippen molar-refractivity contribution in [3.8, 4) is 0 Å². The van der Waals surface area contributed by atoms with Gasteiger partial charge in [-0.3, -0.25) is 9.69 Å². The molecule has 0 N–H and O–H groups in total. The normalized spacial score (nSPS) is 23.7. The van der Waals surface area contributed by atoms with Gasteiger partial charge < -0.3 is 9.64 Å². The number of hydrogen-bond donors (Lipinski definition) is 0. The van der Waals surface area contributed by atoms with Gasteiger partial charge in [-0.25, -0.2) is 0 Å². The van der Waals surface area contributed by atoms with Gasteiger partial charge >= 0.3 is 0 Å². The summed E-state index contributed by atoms with van der Waals surface area (Å²) in [5.74, 6) is 0.176. The smallest absolute Gasteiger partial charge is 0.264 e. The molecule has 3 heterocycles. The van der Waals surface area contributed by atoms with Crippen molar-refractivity contribution >= 4 is 17.2 Å². The molecule has 1 amide bonds. The molecule has 116 valence electrons. The first kappa shape index (κ1) is 15.0. The Morgan fingerprint density at radius 3 is 2.90 bits per heavy atom. The number of nitrogens with zero attached hydrogens (tertiary/aromatic N) is 2. The number of thiophene rings is 1. The fourth-order valence-corrected chi connectivity index (χ4v) is 4.42. The Kier molecular flexibility index (Phi) is 4.93. The van der Waals surface area contributed by atoms with E-state index in [-0.39, 0.29) is 5.91 Å². The van der Waals surface area contributed by atoms with Crippen molar-refractivity contribution in [2.24, 2.45) is 0 Å². The van der Waals surface area contributed by atoms with E-state index in [1.165, 1.54) is 30.7 Å². The van der Waals surface area contributed by atoms with Gasteiger partial charge in [-0.1, -0.05) is 6.92 Å². The zero-order valence-corrected chi connectivity index (χ0v) is 13.5. The molecule has 1 aromatic rings. The summed E-state index contributed by atoms with van der Waals surface area (Å²) in [5.41, 5.74) is 0. The molecule has 2 aliphatic rings. The van der Waals surface area contributed by atoms with Gasteiger partial charge in [0, 0.05) is 24.0 Å². The first-order chi connectivity index (χ1) is 10.3. The van der Waals surface area contributed by atoms with Gasteiger partial charge in [-0.15, -0.1) is 11.3 Å². The second kappa shape index (κ2) is 6.90. The number of carbonyl (C=O) groups excluding carboxylic acids is 1. The van der Waals surface area contributed by atoms with Crippen molar-refractivity contribution in [2.45, 2.75) is 32.2 Å². The average Bonchev–Trinajstić information content (AvgIpc) is 3.16. The van der Waals surface area contributed by atoms with Crippen LogP contribution < -0.4 is 0 Å². The Morgan fingerprint density at radius 1 is 1.33 bits per heavy atom. The molecule has 1 aromatic heterocycles. The van der Waals surface area contributed by atoms with Crippen LogP contribution in [-0.4, -0.2) is 55.1 Å². The quantitative estimate of drug-likeness (QED) is 0.857. The van der Waals surface area contributed by atoms with Crippen LogP contribution in [0.15, 0.2) is 12.1 Å². The number of amides is 1. The molecule has 4 nitrogen and oxygen atoms in total. The summed E-state index contributed by atoms with van der Waals surface area (Å²) in [5, 5.41) is 0. The first-order valence-corrected chi connectivity index (χ1v) is 8.82. The minimum Gasteiger partial charge on any atom is -0.378 e. The molecule has 2 aliphatic heterocycles. The monoisotopic (exact) mass is 308 g/mol. The average molecular weight is 308 g/mol. The summed E-state index contributed by atoms with van der Waals surface area (Å²) in [6.07, 6.45) is 3.70. The lowest BCUT2D eigenvalue weighted by Crippen LogP contribution is -2.40. The van der Waals surface area contributed by atoms with E-state index < -0.39 is 0 Å². The van der Waals surface area contributed by atoms with Crippen LogP contribution in [0.1, 0.15) is 46.8 Å². The minimum absolute atomic E-state index is 0.176. The van der Waals surface area contributed by atoms with Gasteiger partial charge in [0.1, 0.15) is 0 Å². The van der Waals surface area contributed by atoms with Gasteiger partial charge in [0.05, 0.1) is 18.1 Å². The lowest BCUT2D eigenvalue weighted by Gasteiger charge is -2.26. The highest BCUT2D eigenvalue weighted by Crippen LogP contribution is 2.36.